The number of phenols is 1. The average Bonchev–Trinajstić information content (AvgIpc) is 2.70. The van der Waals surface area contributed by atoms with Gasteiger partial charge in [-0.2, -0.15) is 0 Å². The average molecular weight is 390 g/mol. The van der Waals surface area contributed by atoms with E-state index in [1.54, 1.807) is 7.11 Å². The number of methoxy groups -OCH3 is 1. The highest BCUT2D eigenvalue weighted by Gasteiger charge is 2.27. The van der Waals surface area contributed by atoms with Gasteiger partial charge in [-0.3, -0.25) is 9.59 Å². The Morgan fingerprint density at radius 2 is 1.81 bits per heavy atom. The Kier molecular flexibility index (Phi) is 5.71. The molecule has 2 aromatic rings. The maximum absolute atomic E-state index is 12.4. The zero-order valence-electron chi connectivity index (χ0n) is 14.8. The first-order chi connectivity index (χ1) is 13.0. The van der Waals surface area contributed by atoms with Gasteiger partial charge < -0.3 is 25.0 Å². The van der Waals surface area contributed by atoms with E-state index in [2.05, 4.69) is 10.2 Å². The molecule has 27 heavy (non-hydrogen) atoms. The van der Waals surface area contributed by atoms with Crippen LogP contribution in [-0.4, -0.2) is 55.1 Å². The molecule has 8 heteroatoms. The first kappa shape index (κ1) is 18.8. The number of benzene rings is 2. The van der Waals surface area contributed by atoms with Crippen molar-refractivity contribution in [2.24, 2.45) is 0 Å². The molecule has 0 atom stereocenters. The van der Waals surface area contributed by atoms with Crippen LogP contribution in [0.5, 0.6) is 11.5 Å². The van der Waals surface area contributed by atoms with Crippen LogP contribution >= 0.6 is 11.6 Å². The zero-order chi connectivity index (χ0) is 19.4. The number of nitrogens with zero attached hydrogens (tertiary/aromatic N) is 2. The normalized spacial score (nSPS) is 14.0. The third kappa shape index (κ3) is 4.25. The van der Waals surface area contributed by atoms with Crippen LogP contribution in [-0.2, 0) is 9.59 Å². The highest BCUT2D eigenvalue weighted by Crippen LogP contribution is 2.29. The number of ether oxygens (including phenoxy) is 1. The molecule has 1 aliphatic rings. The zero-order valence-corrected chi connectivity index (χ0v) is 15.6. The monoisotopic (exact) mass is 389 g/mol. The standard InChI is InChI=1S/C19H20ClN3O4/c1-27-17-5-3-2-4-15(17)22-8-10-23(11-9-22)19(26)18(25)21-14-12-13(20)6-7-16(14)24/h2-7,12,24H,8-11H2,1H3,(H,21,25). The fraction of sp³-hybridized carbons (Fsp3) is 0.263. The number of nitrogens with one attached hydrogen (secondary N) is 1. The van der Waals surface area contributed by atoms with E-state index < -0.39 is 11.8 Å². The van der Waals surface area contributed by atoms with Crippen molar-refractivity contribution < 1.29 is 19.4 Å². The Labute approximate surface area is 162 Å². The first-order valence-corrected chi connectivity index (χ1v) is 8.84. The summed E-state index contributed by atoms with van der Waals surface area (Å²) in [7, 11) is 1.62. The van der Waals surface area contributed by atoms with Gasteiger partial charge in [0.1, 0.15) is 11.5 Å². The second-order valence-electron chi connectivity index (χ2n) is 6.07. The molecule has 7 nitrogen and oxygen atoms in total. The van der Waals surface area contributed by atoms with Gasteiger partial charge in [0, 0.05) is 31.2 Å². The number of carbonyl (C=O) groups excluding carboxylic acids is 2. The van der Waals surface area contributed by atoms with E-state index in [-0.39, 0.29) is 11.4 Å². The Hall–Kier alpha value is -2.93. The minimum Gasteiger partial charge on any atom is -0.506 e. The minimum absolute atomic E-state index is 0.105. The molecule has 0 bridgehead atoms. The lowest BCUT2D eigenvalue weighted by atomic mass is 10.2. The topological polar surface area (TPSA) is 82.1 Å². The molecule has 0 radical (unpaired) electrons. The second-order valence-corrected chi connectivity index (χ2v) is 6.50. The third-order valence-corrected chi connectivity index (χ3v) is 4.63. The summed E-state index contributed by atoms with van der Waals surface area (Å²) < 4.78 is 5.38. The SMILES string of the molecule is COc1ccccc1N1CCN(C(=O)C(=O)Nc2cc(Cl)ccc2O)CC1. The molecule has 0 spiro atoms. The highest BCUT2D eigenvalue weighted by atomic mass is 35.5. The third-order valence-electron chi connectivity index (χ3n) is 4.39. The summed E-state index contributed by atoms with van der Waals surface area (Å²) in [5, 5.41) is 12.5. The van der Waals surface area contributed by atoms with E-state index >= 15 is 0 Å². The number of aromatic hydroxyl groups is 1. The molecule has 1 aliphatic heterocycles. The summed E-state index contributed by atoms with van der Waals surface area (Å²) >= 11 is 5.85. The molecule has 2 N–H and O–H groups in total. The van der Waals surface area contributed by atoms with E-state index in [0.29, 0.717) is 31.2 Å². The molecule has 1 fully saturated rings. The summed E-state index contributed by atoms with van der Waals surface area (Å²) in [6.45, 7) is 1.99. The van der Waals surface area contributed by atoms with Crippen molar-refractivity contribution in [1.82, 2.24) is 4.90 Å². The van der Waals surface area contributed by atoms with Crippen LogP contribution < -0.4 is 15.0 Å². The highest BCUT2D eigenvalue weighted by molar-refractivity contribution is 6.40. The first-order valence-electron chi connectivity index (χ1n) is 8.46. The molecule has 2 aromatic carbocycles. The summed E-state index contributed by atoms with van der Waals surface area (Å²) in [5.74, 6) is -0.833. The van der Waals surface area contributed by atoms with Gasteiger partial charge in [0.2, 0.25) is 0 Å². The van der Waals surface area contributed by atoms with Crippen molar-refractivity contribution in [1.29, 1.82) is 0 Å². The van der Waals surface area contributed by atoms with Crippen molar-refractivity contribution in [3.63, 3.8) is 0 Å². The molecule has 0 aromatic heterocycles. The van der Waals surface area contributed by atoms with Crippen molar-refractivity contribution in [3.05, 3.63) is 47.5 Å². The molecule has 3 rings (SSSR count). The van der Waals surface area contributed by atoms with Crippen LogP contribution in [0.1, 0.15) is 0 Å². The van der Waals surface area contributed by atoms with Crippen molar-refractivity contribution in [3.8, 4) is 11.5 Å². The minimum atomic E-state index is -0.807. The Balaban J connectivity index is 1.61. The van der Waals surface area contributed by atoms with Gasteiger partial charge in [-0.05, 0) is 30.3 Å². The quantitative estimate of drug-likeness (QED) is 0.622. The number of rotatable bonds is 3. The van der Waals surface area contributed by atoms with Crippen LogP contribution in [0.25, 0.3) is 0 Å². The summed E-state index contributed by atoms with van der Waals surface area (Å²) in [5.41, 5.74) is 1.06. The maximum atomic E-state index is 12.4. The van der Waals surface area contributed by atoms with Crippen LogP contribution in [0.2, 0.25) is 5.02 Å². The van der Waals surface area contributed by atoms with Crippen molar-refractivity contribution in [2.75, 3.05) is 43.5 Å². The Morgan fingerprint density at radius 1 is 1.11 bits per heavy atom. The molecule has 1 heterocycles. The van der Waals surface area contributed by atoms with E-state index in [4.69, 9.17) is 16.3 Å². The van der Waals surface area contributed by atoms with E-state index in [1.165, 1.54) is 23.1 Å². The molecule has 0 aliphatic carbocycles. The number of para-hydroxylation sites is 2. The largest absolute Gasteiger partial charge is 0.506 e. The van der Waals surface area contributed by atoms with Gasteiger partial charge in [0.05, 0.1) is 18.5 Å². The lowest BCUT2D eigenvalue weighted by molar-refractivity contribution is -0.143. The fourth-order valence-corrected chi connectivity index (χ4v) is 3.14. The fourth-order valence-electron chi connectivity index (χ4n) is 2.97. The maximum Gasteiger partial charge on any atom is 0.314 e. The molecule has 2 amide bonds. The number of piperazine rings is 1. The molecule has 1 saturated heterocycles. The molecule has 0 unspecified atom stereocenters. The number of anilines is 2. The van der Waals surface area contributed by atoms with Gasteiger partial charge in [-0.1, -0.05) is 23.7 Å². The van der Waals surface area contributed by atoms with Crippen molar-refractivity contribution >= 4 is 34.8 Å². The Bertz CT molecular complexity index is 851. The van der Waals surface area contributed by atoms with Gasteiger partial charge in [-0.15, -0.1) is 0 Å². The van der Waals surface area contributed by atoms with Crippen LogP contribution in [0.4, 0.5) is 11.4 Å². The summed E-state index contributed by atoms with van der Waals surface area (Å²) in [4.78, 5) is 28.3. The smallest absolute Gasteiger partial charge is 0.314 e. The molecular formula is C19H20ClN3O4. The van der Waals surface area contributed by atoms with Crippen LogP contribution in [0, 0.1) is 0 Å². The van der Waals surface area contributed by atoms with Gasteiger partial charge in [-0.25, -0.2) is 0 Å². The summed E-state index contributed by atoms with van der Waals surface area (Å²) in [6.07, 6.45) is 0. The lowest BCUT2D eigenvalue weighted by Crippen LogP contribution is -2.51. The van der Waals surface area contributed by atoms with E-state index in [1.807, 2.05) is 24.3 Å². The molecule has 142 valence electrons. The Morgan fingerprint density at radius 3 is 2.52 bits per heavy atom. The van der Waals surface area contributed by atoms with Gasteiger partial charge >= 0.3 is 11.8 Å². The van der Waals surface area contributed by atoms with E-state index in [9.17, 15) is 14.7 Å². The van der Waals surface area contributed by atoms with E-state index in [0.717, 1.165) is 11.4 Å². The van der Waals surface area contributed by atoms with Crippen LogP contribution in [0.3, 0.4) is 0 Å². The predicted molar refractivity (Wildman–Crippen MR) is 104 cm³/mol. The number of phenolic OH excluding ortho intramolecular Hbond substituents is 1. The second kappa shape index (κ2) is 8.18. The number of carbonyl (C=O) groups is 2. The number of hydrogen-bond donors (Lipinski definition) is 2. The molecule has 0 saturated carbocycles. The number of halogens is 1. The molecular weight excluding hydrogens is 370 g/mol. The van der Waals surface area contributed by atoms with Gasteiger partial charge in [0.15, 0.2) is 0 Å². The lowest BCUT2D eigenvalue weighted by Gasteiger charge is -2.36. The van der Waals surface area contributed by atoms with Crippen molar-refractivity contribution in [2.45, 2.75) is 0 Å². The van der Waals surface area contributed by atoms with Gasteiger partial charge in [0.25, 0.3) is 0 Å². The predicted octanol–water partition coefficient (Wildman–Crippen LogP) is 2.34. The number of hydrogen-bond acceptors (Lipinski definition) is 5. The number of amides is 2. The van der Waals surface area contributed by atoms with Crippen LogP contribution in [0.15, 0.2) is 42.5 Å². The summed E-state index contributed by atoms with van der Waals surface area (Å²) in [6, 6.07) is 11.9.